The van der Waals surface area contributed by atoms with Crippen LogP contribution in [0.5, 0.6) is 0 Å². The Morgan fingerprint density at radius 1 is 1.07 bits per heavy atom. The number of hydrogen-bond acceptors (Lipinski definition) is 3. The van der Waals surface area contributed by atoms with E-state index in [2.05, 4.69) is 10.6 Å². The molecule has 27 heavy (non-hydrogen) atoms. The number of rotatable bonds is 6. The molecular weight excluding hydrogens is 351 g/mol. The van der Waals surface area contributed by atoms with Crippen molar-refractivity contribution in [2.24, 2.45) is 5.92 Å². The van der Waals surface area contributed by atoms with Crippen LogP contribution in [0.15, 0.2) is 42.5 Å². The lowest BCUT2D eigenvalue weighted by atomic mass is 10.0. The highest BCUT2D eigenvalue weighted by Crippen LogP contribution is 2.18. The monoisotopic (exact) mass is 372 g/mol. The van der Waals surface area contributed by atoms with E-state index < -0.39 is 29.6 Å². The fourth-order valence-corrected chi connectivity index (χ4v) is 2.55. The molecule has 1 unspecified atom stereocenters. The minimum Gasteiger partial charge on any atom is -0.478 e. The van der Waals surface area contributed by atoms with Gasteiger partial charge in [0.15, 0.2) is 0 Å². The third-order valence-electron chi connectivity index (χ3n) is 4.10. The maximum absolute atomic E-state index is 13.9. The summed E-state index contributed by atoms with van der Waals surface area (Å²) in [6, 6.07) is 9.14. The summed E-state index contributed by atoms with van der Waals surface area (Å²) in [6.07, 6.45) is 0. The average molecular weight is 372 g/mol. The Hall–Kier alpha value is -3.22. The molecule has 0 aliphatic rings. The molecule has 0 aliphatic carbocycles. The third kappa shape index (κ3) is 4.91. The van der Waals surface area contributed by atoms with Crippen LogP contribution in [0.4, 0.5) is 10.1 Å². The van der Waals surface area contributed by atoms with Crippen molar-refractivity contribution in [3.8, 4) is 0 Å². The number of carbonyl (C=O) groups is 3. The topological polar surface area (TPSA) is 95.5 Å². The fraction of sp³-hybridized carbons (Fsp3) is 0.250. The van der Waals surface area contributed by atoms with Gasteiger partial charge in [-0.15, -0.1) is 0 Å². The van der Waals surface area contributed by atoms with Gasteiger partial charge in [0.2, 0.25) is 5.91 Å². The number of anilines is 1. The van der Waals surface area contributed by atoms with E-state index in [1.807, 2.05) is 0 Å². The van der Waals surface area contributed by atoms with E-state index in [0.717, 1.165) is 23.8 Å². The molecule has 0 spiro atoms. The van der Waals surface area contributed by atoms with Gasteiger partial charge >= 0.3 is 5.97 Å². The van der Waals surface area contributed by atoms with Crippen molar-refractivity contribution in [3.05, 3.63) is 65.0 Å². The molecule has 2 amide bonds. The lowest BCUT2D eigenvalue weighted by Crippen LogP contribution is -2.47. The quantitative estimate of drug-likeness (QED) is 0.725. The van der Waals surface area contributed by atoms with Crippen LogP contribution in [-0.4, -0.2) is 28.9 Å². The summed E-state index contributed by atoms with van der Waals surface area (Å²) >= 11 is 0. The molecule has 0 saturated carbocycles. The van der Waals surface area contributed by atoms with Gasteiger partial charge < -0.3 is 15.7 Å². The van der Waals surface area contributed by atoms with Crippen molar-refractivity contribution >= 4 is 23.5 Å². The minimum atomic E-state index is -1.24. The molecule has 0 saturated heterocycles. The van der Waals surface area contributed by atoms with Crippen LogP contribution in [0.1, 0.15) is 40.1 Å². The van der Waals surface area contributed by atoms with Crippen molar-refractivity contribution in [2.45, 2.75) is 26.8 Å². The van der Waals surface area contributed by atoms with Gasteiger partial charge in [0, 0.05) is 5.56 Å². The molecule has 0 heterocycles. The minimum absolute atomic E-state index is 0.156. The maximum Gasteiger partial charge on any atom is 0.335 e. The average Bonchev–Trinajstić information content (AvgIpc) is 2.61. The van der Waals surface area contributed by atoms with Crippen molar-refractivity contribution in [2.75, 3.05) is 5.32 Å². The summed E-state index contributed by atoms with van der Waals surface area (Å²) in [5.41, 5.74) is 0.792. The second-order valence-electron chi connectivity index (χ2n) is 6.50. The smallest absolute Gasteiger partial charge is 0.335 e. The fourth-order valence-electron chi connectivity index (χ4n) is 2.55. The number of carboxylic acids is 1. The summed E-state index contributed by atoms with van der Waals surface area (Å²) in [7, 11) is 0. The van der Waals surface area contributed by atoms with Crippen LogP contribution in [0.2, 0.25) is 0 Å². The van der Waals surface area contributed by atoms with Crippen LogP contribution in [0.25, 0.3) is 0 Å². The highest BCUT2D eigenvalue weighted by molar-refractivity contribution is 6.02. The van der Waals surface area contributed by atoms with Crippen LogP contribution in [0, 0.1) is 18.7 Å². The molecule has 7 heteroatoms. The van der Waals surface area contributed by atoms with E-state index >= 15 is 0 Å². The summed E-state index contributed by atoms with van der Waals surface area (Å²) in [5.74, 6) is -3.32. The number of hydrogen-bond donors (Lipinski definition) is 3. The molecule has 0 aromatic heterocycles. The molecule has 2 aromatic rings. The Morgan fingerprint density at radius 3 is 2.33 bits per heavy atom. The first-order valence-electron chi connectivity index (χ1n) is 8.41. The predicted molar refractivity (Wildman–Crippen MR) is 99.3 cm³/mol. The van der Waals surface area contributed by atoms with Gasteiger partial charge in [-0.2, -0.15) is 0 Å². The number of nitrogens with one attached hydrogen (secondary N) is 2. The van der Waals surface area contributed by atoms with Gasteiger partial charge in [-0.1, -0.05) is 32.0 Å². The van der Waals surface area contributed by atoms with Crippen molar-refractivity contribution < 1.29 is 23.9 Å². The Kier molecular flexibility index (Phi) is 6.28. The van der Waals surface area contributed by atoms with Gasteiger partial charge in [0.05, 0.1) is 11.3 Å². The van der Waals surface area contributed by atoms with E-state index in [0.29, 0.717) is 5.56 Å². The Bertz CT molecular complexity index is 880. The van der Waals surface area contributed by atoms with Crippen LogP contribution < -0.4 is 10.6 Å². The second-order valence-corrected chi connectivity index (χ2v) is 6.50. The van der Waals surface area contributed by atoms with Gasteiger partial charge in [-0.05, 0) is 42.7 Å². The number of halogens is 1. The summed E-state index contributed by atoms with van der Waals surface area (Å²) in [5, 5.41) is 14.0. The van der Waals surface area contributed by atoms with Gasteiger partial charge in [-0.3, -0.25) is 9.59 Å². The van der Waals surface area contributed by atoms with E-state index in [-0.39, 0.29) is 17.2 Å². The zero-order valence-electron chi connectivity index (χ0n) is 15.2. The molecule has 0 radical (unpaired) electrons. The molecule has 0 bridgehead atoms. The third-order valence-corrected chi connectivity index (χ3v) is 4.10. The van der Waals surface area contributed by atoms with E-state index in [1.54, 1.807) is 45.0 Å². The standard InChI is InChI=1S/C20H21FN2O4/c1-11(2)17(23-18(24)14-7-5-4-6-12(14)3)19(25)22-16-10-13(20(26)27)8-9-15(16)21/h4-11,17H,1-3H3,(H,22,25)(H,23,24)(H,26,27). The molecule has 142 valence electrons. The number of carbonyl (C=O) groups excluding carboxylic acids is 2. The van der Waals surface area contributed by atoms with Crippen LogP contribution in [0.3, 0.4) is 0 Å². The second kappa shape index (κ2) is 8.44. The zero-order chi connectivity index (χ0) is 20.1. The highest BCUT2D eigenvalue weighted by Gasteiger charge is 2.26. The molecule has 0 fully saturated rings. The summed E-state index contributed by atoms with van der Waals surface area (Å²) < 4.78 is 13.9. The highest BCUT2D eigenvalue weighted by atomic mass is 19.1. The number of amides is 2. The molecule has 2 aromatic carbocycles. The van der Waals surface area contributed by atoms with Gasteiger partial charge in [-0.25, -0.2) is 9.18 Å². The summed E-state index contributed by atoms with van der Waals surface area (Å²) in [6.45, 7) is 5.27. The SMILES string of the molecule is Cc1ccccc1C(=O)NC(C(=O)Nc1cc(C(=O)O)ccc1F)C(C)C. The number of aryl methyl sites for hydroxylation is 1. The molecular formula is C20H21FN2O4. The lowest BCUT2D eigenvalue weighted by Gasteiger charge is -2.22. The molecule has 2 rings (SSSR count). The van der Waals surface area contributed by atoms with Crippen molar-refractivity contribution in [3.63, 3.8) is 0 Å². The first-order chi connectivity index (χ1) is 12.7. The largest absolute Gasteiger partial charge is 0.478 e. The number of benzene rings is 2. The van der Waals surface area contributed by atoms with E-state index in [1.165, 1.54) is 0 Å². The van der Waals surface area contributed by atoms with Crippen LogP contribution >= 0.6 is 0 Å². The normalized spacial score (nSPS) is 11.7. The predicted octanol–water partition coefficient (Wildman–Crippen LogP) is 3.23. The molecule has 3 N–H and O–H groups in total. The Balaban J connectivity index is 2.21. The van der Waals surface area contributed by atoms with E-state index in [9.17, 15) is 18.8 Å². The van der Waals surface area contributed by atoms with E-state index in [4.69, 9.17) is 5.11 Å². The Morgan fingerprint density at radius 2 is 1.74 bits per heavy atom. The zero-order valence-corrected chi connectivity index (χ0v) is 15.2. The van der Waals surface area contributed by atoms with Gasteiger partial charge in [0.25, 0.3) is 5.91 Å². The molecule has 1 atom stereocenters. The molecule has 0 aliphatic heterocycles. The van der Waals surface area contributed by atoms with Crippen LogP contribution in [-0.2, 0) is 4.79 Å². The lowest BCUT2D eigenvalue weighted by molar-refractivity contribution is -0.118. The van der Waals surface area contributed by atoms with Gasteiger partial charge in [0.1, 0.15) is 11.9 Å². The Labute approximate surface area is 156 Å². The molecule has 6 nitrogen and oxygen atoms in total. The first-order valence-corrected chi connectivity index (χ1v) is 8.41. The summed E-state index contributed by atoms with van der Waals surface area (Å²) in [4.78, 5) is 36.1. The van der Waals surface area contributed by atoms with Crippen molar-refractivity contribution in [1.82, 2.24) is 5.32 Å². The first kappa shape index (κ1) is 20.1. The maximum atomic E-state index is 13.9. The van der Waals surface area contributed by atoms with Crippen molar-refractivity contribution in [1.29, 1.82) is 0 Å². The number of carboxylic acid groups (broad SMARTS) is 1. The number of aromatic carboxylic acids is 1.